The highest BCUT2D eigenvalue weighted by molar-refractivity contribution is 7.80. The standard InChI is InChI=1S/C17H18F3N3S/c1-22-9-3-7-14(22)15-8-4-10-23(15)16(24)21-13-6-2-5-12(11-13)17(18,19)20/h2-3,5-7,9,11,15H,4,8,10H2,1H3,(H,21,24)/t15-/m1/s1. The first-order chi connectivity index (χ1) is 11.4. The summed E-state index contributed by atoms with van der Waals surface area (Å²) in [6.07, 6.45) is -0.407. The van der Waals surface area contributed by atoms with Crippen molar-refractivity contribution in [3.05, 3.63) is 53.9 Å². The number of hydrogen-bond acceptors (Lipinski definition) is 1. The van der Waals surface area contributed by atoms with Crippen LogP contribution < -0.4 is 5.32 Å². The summed E-state index contributed by atoms with van der Waals surface area (Å²) in [4.78, 5) is 2.05. The number of aryl methyl sites for hydroxylation is 1. The Balaban J connectivity index is 1.76. The van der Waals surface area contributed by atoms with Crippen LogP contribution in [-0.4, -0.2) is 21.1 Å². The summed E-state index contributed by atoms with van der Waals surface area (Å²) in [7, 11) is 1.98. The third-order valence-electron chi connectivity index (χ3n) is 4.28. The lowest BCUT2D eigenvalue weighted by Crippen LogP contribution is -2.34. The summed E-state index contributed by atoms with van der Waals surface area (Å²) in [5.41, 5.74) is 0.823. The second kappa shape index (κ2) is 6.47. The Morgan fingerprint density at radius 1 is 1.25 bits per heavy atom. The van der Waals surface area contributed by atoms with Crippen molar-refractivity contribution >= 4 is 23.0 Å². The van der Waals surface area contributed by atoms with Gasteiger partial charge in [-0.2, -0.15) is 13.2 Å². The molecule has 24 heavy (non-hydrogen) atoms. The lowest BCUT2D eigenvalue weighted by molar-refractivity contribution is -0.137. The van der Waals surface area contributed by atoms with Gasteiger partial charge in [0.15, 0.2) is 5.11 Å². The maximum absolute atomic E-state index is 12.8. The number of halogens is 3. The summed E-state index contributed by atoms with van der Waals surface area (Å²) >= 11 is 5.45. The number of aromatic nitrogens is 1. The Morgan fingerprint density at radius 2 is 2.04 bits per heavy atom. The highest BCUT2D eigenvalue weighted by Gasteiger charge is 2.31. The molecule has 2 aromatic rings. The van der Waals surface area contributed by atoms with Gasteiger partial charge in [0.05, 0.1) is 11.6 Å². The van der Waals surface area contributed by atoms with E-state index in [4.69, 9.17) is 12.2 Å². The van der Waals surface area contributed by atoms with Gasteiger partial charge < -0.3 is 14.8 Å². The first-order valence-electron chi connectivity index (χ1n) is 7.72. The lowest BCUT2D eigenvalue weighted by atomic mass is 10.1. The average Bonchev–Trinajstić information content (AvgIpc) is 3.14. The molecule has 1 aromatic carbocycles. The number of rotatable bonds is 2. The van der Waals surface area contributed by atoms with E-state index < -0.39 is 11.7 Å². The molecule has 3 rings (SSSR count). The number of nitrogens with one attached hydrogen (secondary N) is 1. The Morgan fingerprint density at radius 3 is 2.71 bits per heavy atom. The van der Waals surface area contributed by atoms with Crippen LogP contribution in [-0.2, 0) is 13.2 Å². The van der Waals surface area contributed by atoms with Gasteiger partial charge in [-0.25, -0.2) is 0 Å². The van der Waals surface area contributed by atoms with Crippen molar-refractivity contribution in [2.24, 2.45) is 7.05 Å². The van der Waals surface area contributed by atoms with Gasteiger partial charge in [-0.15, -0.1) is 0 Å². The quantitative estimate of drug-likeness (QED) is 0.798. The van der Waals surface area contributed by atoms with Gasteiger partial charge in [0.25, 0.3) is 0 Å². The fourth-order valence-corrected chi connectivity index (χ4v) is 3.44. The highest BCUT2D eigenvalue weighted by atomic mass is 32.1. The zero-order valence-electron chi connectivity index (χ0n) is 13.2. The summed E-state index contributed by atoms with van der Waals surface area (Å²) in [6.45, 7) is 0.792. The van der Waals surface area contributed by atoms with Crippen molar-refractivity contribution in [1.82, 2.24) is 9.47 Å². The van der Waals surface area contributed by atoms with Crippen molar-refractivity contribution in [2.75, 3.05) is 11.9 Å². The maximum atomic E-state index is 12.8. The van der Waals surface area contributed by atoms with Crippen LogP contribution in [0.1, 0.15) is 30.1 Å². The van der Waals surface area contributed by atoms with Crippen LogP contribution in [0.25, 0.3) is 0 Å². The molecule has 0 spiro atoms. The van der Waals surface area contributed by atoms with Crippen LogP contribution in [0.3, 0.4) is 0 Å². The van der Waals surface area contributed by atoms with Crippen molar-refractivity contribution in [3.8, 4) is 0 Å². The van der Waals surface area contributed by atoms with Crippen LogP contribution in [0.4, 0.5) is 18.9 Å². The molecule has 3 nitrogen and oxygen atoms in total. The maximum Gasteiger partial charge on any atom is 0.416 e. The largest absolute Gasteiger partial charge is 0.416 e. The van der Waals surface area contributed by atoms with E-state index in [1.54, 1.807) is 6.07 Å². The minimum absolute atomic E-state index is 0.149. The van der Waals surface area contributed by atoms with Crippen molar-refractivity contribution < 1.29 is 13.2 Å². The number of anilines is 1. The molecule has 0 radical (unpaired) electrons. The summed E-state index contributed by atoms with van der Waals surface area (Å²) < 4.78 is 40.5. The van der Waals surface area contributed by atoms with E-state index in [2.05, 4.69) is 16.0 Å². The number of thiocarbonyl (C=S) groups is 1. The molecule has 1 N–H and O–H groups in total. The van der Waals surface area contributed by atoms with Gasteiger partial charge in [0.1, 0.15) is 0 Å². The van der Waals surface area contributed by atoms with Gasteiger partial charge in [-0.1, -0.05) is 6.07 Å². The molecule has 1 aliphatic heterocycles. The van der Waals surface area contributed by atoms with E-state index in [-0.39, 0.29) is 6.04 Å². The molecule has 1 fully saturated rings. The molecular weight excluding hydrogens is 335 g/mol. The van der Waals surface area contributed by atoms with Crippen molar-refractivity contribution in [3.63, 3.8) is 0 Å². The van der Waals surface area contributed by atoms with E-state index in [9.17, 15) is 13.2 Å². The van der Waals surface area contributed by atoms with Gasteiger partial charge in [0.2, 0.25) is 0 Å². The van der Waals surface area contributed by atoms with Crippen LogP contribution in [0.5, 0.6) is 0 Å². The van der Waals surface area contributed by atoms with Gasteiger partial charge in [-0.3, -0.25) is 0 Å². The first kappa shape index (κ1) is 16.8. The fourth-order valence-electron chi connectivity index (χ4n) is 3.11. The molecule has 1 aliphatic rings. The summed E-state index contributed by atoms with van der Waals surface area (Å²) in [5, 5.41) is 3.41. The molecule has 128 valence electrons. The molecule has 0 amide bonds. The fraction of sp³-hybridized carbons (Fsp3) is 0.353. The first-order valence-corrected chi connectivity index (χ1v) is 8.13. The Kier molecular flexibility index (Phi) is 4.54. The van der Waals surface area contributed by atoms with Gasteiger partial charge >= 0.3 is 6.18 Å². The normalized spacial score (nSPS) is 18.0. The molecule has 7 heteroatoms. The predicted molar refractivity (Wildman–Crippen MR) is 91.8 cm³/mol. The molecule has 1 atom stereocenters. The summed E-state index contributed by atoms with van der Waals surface area (Å²) in [5.74, 6) is 0. The SMILES string of the molecule is Cn1cccc1[C@H]1CCCN1C(=S)Nc1cccc(C(F)(F)F)c1. The number of likely N-dealkylation sites (tertiary alicyclic amines) is 1. The Labute approximate surface area is 144 Å². The lowest BCUT2D eigenvalue weighted by Gasteiger charge is -2.28. The van der Waals surface area contributed by atoms with Crippen LogP contribution in [0, 0.1) is 0 Å². The predicted octanol–water partition coefficient (Wildman–Crippen LogP) is 4.58. The van der Waals surface area contributed by atoms with E-state index >= 15 is 0 Å². The molecule has 2 heterocycles. The van der Waals surface area contributed by atoms with E-state index in [1.807, 2.05) is 24.2 Å². The zero-order chi connectivity index (χ0) is 17.3. The Hall–Kier alpha value is -2.02. The number of nitrogens with zero attached hydrogens (tertiary/aromatic N) is 2. The van der Waals surface area contributed by atoms with Crippen molar-refractivity contribution in [1.29, 1.82) is 0 Å². The monoisotopic (exact) mass is 353 g/mol. The summed E-state index contributed by atoms with van der Waals surface area (Å²) in [6, 6.07) is 9.29. The molecular formula is C17H18F3N3S. The van der Waals surface area contributed by atoms with E-state index in [0.717, 1.165) is 37.2 Å². The molecule has 0 unspecified atom stereocenters. The number of alkyl halides is 3. The molecule has 1 saturated heterocycles. The molecule has 0 aliphatic carbocycles. The van der Waals surface area contributed by atoms with E-state index in [0.29, 0.717) is 10.8 Å². The molecule has 0 bridgehead atoms. The minimum Gasteiger partial charge on any atom is -0.353 e. The molecule has 0 saturated carbocycles. The van der Waals surface area contributed by atoms with Crippen molar-refractivity contribution in [2.45, 2.75) is 25.1 Å². The van der Waals surface area contributed by atoms with Gasteiger partial charge in [0, 0.05) is 31.2 Å². The zero-order valence-corrected chi connectivity index (χ0v) is 14.0. The molecule has 1 aromatic heterocycles. The topological polar surface area (TPSA) is 20.2 Å². The van der Waals surface area contributed by atoms with Gasteiger partial charge in [-0.05, 0) is 55.4 Å². The number of hydrogen-bond donors (Lipinski definition) is 1. The van der Waals surface area contributed by atoms with E-state index in [1.165, 1.54) is 6.07 Å². The Bertz CT molecular complexity index is 739. The third-order valence-corrected chi connectivity index (χ3v) is 4.62. The number of benzene rings is 1. The average molecular weight is 353 g/mol. The second-order valence-corrected chi connectivity index (χ2v) is 6.29. The highest BCUT2D eigenvalue weighted by Crippen LogP contribution is 2.33. The van der Waals surface area contributed by atoms with Crippen LogP contribution in [0.2, 0.25) is 0 Å². The van der Waals surface area contributed by atoms with Crippen LogP contribution >= 0.6 is 12.2 Å². The third kappa shape index (κ3) is 3.40. The van der Waals surface area contributed by atoms with Crippen LogP contribution in [0.15, 0.2) is 42.6 Å². The second-order valence-electron chi connectivity index (χ2n) is 5.90. The smallest absolute Gasteiger partial charge is 0.353 e. The minimum atomic E-state index is -4.36.